The minimum absolute atomic E-state index is 0.609. The van der Waals surface area contributed by atoms with Crippen molar-refractivity contribution in [3.05, 3.63) is 60.9 Å². The highest BCUT2D eigenvalue weighted by Gasteiger charge is 2.49. The number of aromatic amines is 1. The van der Waals surface area contributed by atoms with E-state index in [0.29, 0.717) is 5.75 Å². The number of para-hydroxylation sites is 1. The molecule has 1 aliphatic rings. The molecule has 156 valence electrons. The molecule has 4 rings (SSSR count). The first-order chi connectivity index (χ1) is 14.2. The van der Waals surface area contributed by atoms with Crippen LogP contribution in [0.25, 0.3) is 10.9 Å². The summed E-state index contributed by atoms with van der Waals surface area (Å²) in [6, 6.07) is 11.7. The number of halogens is 2. The number of rotatable bonds is 4. The van der Waals surface area contributed by atoms with E-state index in [2.05, 4.69) is 50.2 Å². The Kier molecular flexibility index (Phi) is 5.73. The maximum Gasteiger partial charge on any atom is 0.324 e. The number of aromatic nitrogens is 1. The smallest absolute Gasteiger partial charge is 0.324 e. The summed E-state index contributed by atoms with van der Waals surface area (Å²) in [6.07, 6.45) is 1.84. The number of H-pyrrole nitrogens is 1. The molecule has 2 aromatic carbocycles. The molecule has 6 nitrogen and oxygen atoms in total. The molecule has 3 aromatic rings. The van der Waals surface area contributed by atoms with Crippen molar-refractivity contribution in [2.75, 3.05) is 7.11 Å². The zero-order chi connectivity index (χ0) is 21.6. The topological polar surface area (TPSA) is 77.6 Å². The lowest BCUT2D eigenvalue weighted by molar-refractivity contribution is -0.240. The monoisotopic (exact) mass is 631 g/mol. The molecule has 0 spiro atoms. The number of cyclic esters (lactones) is 2. The van der Waals surface area contributed by atoms with Gasteiger partial charge in [-0.15, -0.1) is 0 Å². The predicted molar refractivity (Wildman–Crippen MR) is 128 cm³/mol. The maximum absolute atomic E-state index is 13.1. The van der Waals surface area contributed by atoms with Gasteiger partial charge in [0.2, 0.25) is 0 Å². The van der Waals surface area contributed by atoms with E-state index < -0.39 is 29.6 Å². The van der Waals surface area contributed by atoms with Gasteiger partial charge >= 0.3 is 11.9 Å². The van der Waals surface area contributed by atoms with Gasteiger partial charge in [-0.05, 0) is 68.9 Å². The molecule has 1 N–H and O–H groups in total. The van der Waals surface area contributed by atoms with Crippen LogP contribution in [0.1, 0.15) is 30.9 Å². The third-order valence-electron chi connectivity index (χ3n) is 5.07. The van der Waals surface area contributed by atoms with Crippen molar-refractivity contribution in [1.82, 2.24) is 4.98 Å². The standard InChI is InChI=1S/C22H19I2NO5/c1-22(2)29-20(26)18(21(27)30-22)17(13-8-11(23)9-15(24)19(13)28-3)14-10-25-16-7-5-4-6-12(14)16/h4-10,17-18,25H,1-3H3/t17-/m0/s1. The molecular formula is C22H19I2NO5. The van der Waals surface area contributed by atoms with Crippen LogP contribution < -0.4 is 4.74 Å². The van der Waals surface area contributed by atoms with E-state index in [1.807, 2.05) is 42.6 Å². The Morgan fingerprint density at radius 3 is 2.40 bits per heavy atom. The van der Waals surface area contributed by atoms with Crippen molar-refractivity contribution < 1.29 is 23.8 Å². The van der Waals surface area contributed by atoms with Gasteiger partial charge in [-0.25, -0.2) is 0 Å². The van der Waals surface area contributed by atoms with E-state index in [4.69, 9.17) is 14.2 Å². The Labute approximate surface area is 200 Å². The van der Waals surface area contributed by atoms with Crippen LogP contribution in [0.5, 0.6) is 5.75 Å². The Hall–Kier alpha value is -1.82. The summed E-state index contributed by atoms with van der Waals surface area (Å²) in [6.45, 7) is 3.10. The van der Waals surface area contributed by atoms with Crippen LogP contribution in [0.4, 0.5) is 0 Å². The van der Waals surface area contributed by atoms with Gasteiger partial charge in [-0.3, -0.25) is 9.59 Å². The molecule has 0 aliphatic carbocycles. The lowest BCUT2D eigenvalue weighted by atomic mass is 9.79. The van der Waals surface area contributed by atoms with Crippen molar-refractivity contribution in [2.24, 2.45) is 5.92 Å². The number of fused-ring (bicyclic) bond motifs is 1. The second-order valence-corrected chi connectivity index (χ2v) is 9.90. The molecule has 1 aromatic heterocycles. The Morgan fingerprint density at radius 1 is 1.07 bits per heavy atom. The summed E-state index contributed by atoms with van der Waals surface area (Å²) >= 11 is 4.42. The van der Waals surface area contributed by atoms with E-state index in [1.54, 1.807) is 21.0 Å². The van der Waals surface area contributed by atoms with Crippen LogP contribution in [0, 0.1) is 13.1 Å². The lowest BCUT2D eigenvalue weighted by Gasteiger charge is -2.36. The molecule has 0 saturated carbocycles. The third-order valence-corrected chi connectivity index (χ3v) is 6.49. The molecule has 1 fully saturated rings. The number of esters is 2. The summed E-state index contributed by atoms with van der Waals surface area (Å²) < 4.78 is 18.5. The Balaban J connectivity index is 1.98. The number of nitrogens with one attached hydrogen (secondary N) is 1. The Morgan fingerprint density at radius 2 is 1.73 bits per heavy atom. The first-order valence-electron chi connectivity index (χ1n) is 9.26. The molecule has 1 saturated heterocycles. The van der Waals surface area contributed by atoms with Crippen LogP contribution in [0.2, 0.25) is 0 Å². The number of carbonyl (C=O) groups excluding carboxylic acids is 2. The number of carbonyl (C=O) groups is 2. The van der Waals surface area contributed by atoms with Crippen molar-refractivity contribution in [2.45, 2.75) is 25.6 Å². The quantitative estimate of drug-likeness (QED) is 0.250. The summed E-state index contributed by atoms with van der Waals surface area (Å²) in [5.41, 5.74) is 2.45. The van der Waals surface area contributed by atoms with Crippen LogP contribution >= 0.6 is 45.2 Å². The van der Waals surface area contributed by atoms with Crippen LogP contribution in [0.15, 0.2) is 42.6 Å². The van der Waals surface area contributed by atoms with Gasteiger partial charge in [-0.2, -0.15) is 0 Å². The molecule has 1 aliphatic heterocycles. The van der Waals surface area contributed by atoms with Gasteiger partial charge in [-0.1, -0.05) is 18.2 Å². The van der Waals surface area contributed by atoms with Gasteiger partial charge < -0.3 is 19.2 Å². The second-order valence-electron chi connectivity index (χ2n) is 7.50. The summed E-state index contributed by atoms with van der Waals surface area (Å²) in [5, 5.41) is 0.920. The minimum Gasteiger partial charge on any atom is -0.495 e. The highest BCUT2D eigenvalue weighted by atomic mass is 127. The van der Waals surface area contributed by atoms with Crippen molar-refractivity contribution >= 4 is 68.0 Å². The molecule has 2 heterocycles. The fraction of sp³-hybridized carbons (Fsp3) is 0.273. The molecule has 30 heavy (non-hydrogen) atoms. The van der Waals surface area contributed by atoms with Crippen molar-refractivity contribution in [3.8, 4) is 5.75 Å². The lowest BCUT2D eigenvalue weighted by Crippen LogP contribution is -2.48. The van der Waals surface area contributed by atoms with Crippen LogP contribution in [0.3, 0.4) is 0 Å². The van der Waals surface area contributed by atoms with Crippen molar-refractivity contribution in [1.29, 1.82) is 0 Å². The first-order valence-corrected chi connectivity index (χ1v) is 11.4. The third kappa shape index (κ3) is 3.79. The SMILES string of the molecule is COc1c(I)cc(I)cc1[C@@H](c1c[nH]c2ccccc12)C1C(=O)OC(C)(C)OC1=O. The van der Waals surface area contributed by atoms with Gasteiger partial charge in [0.05, 0.1) is 10.7 Å². The van der Waals surface area contributed by atoms with Gasteiger partial charge in [0.1, 0.15) is 5.75 Å². The zero-order valence-electron chi connectivity index (χ0n) is 16.5. The van der Waals surface area contributed by atoms with E-state index in [-0.39, 0.29) is 0 Å². The second kappa shape index (κ2) is 8.03. The number of ether oxygens (including phenoxy) is 3. The van der Waals surface area contributed by atoms with E-state index in [0.717, 1.165) is 29.2 Å². The fourth-order valence-electron chi connectivity index (χ4n) is 3.91. The maximum atomic E-state index is 13.1. The number of benzene rings is 2. The molecule has 0 unspecified atom stereocenters. The summed E-state index contributed by atoms with van der Waals surface area (Å²) in [4.78, 5) is 29.4. The van der Waals surface area contributed by atoms with E-state index in [9.17, 15) is 9.59 Å². The molecule has 0 amide bonds. The fourth-order valence-corrected chi connectivity index (χ4v) is 6.02. The van der Waals surface area contributed by atoms with Gasteiger partial charge in [0.25, 0.3) is 5.79 Å². The normalized spacial score (nSPS) is 17.5. The molecule has 0 bridgehead atoms. The van der Waals surface area contributed by atoms with Crippen LogP contribution in [-0.2, 0) is 19.1 Å². The average molecular weight is 631 g/mol. The molecule has 1 atom stereocenters. The molecular weight excluding hydrogens is 612 g/mol. The highest BCUT2D eigenvalue weighted by molar-refractivity contribution is 14.1. The van der Waals surface area contributed by atoms with E-state index >= 15 is 0 Å². The van der Waals surface area contributed by atoms with Gasteiger partial charge in [0, 0.05) is 46.0 Å². The largest absolute Gasteiger partial charge is 0.495 e. The number of hydrogen-bond acceptors (Lipinski definition) is 5. The predicted octanol–water partition coefficient (Wildman–Crippen LogP) is 4.97. The molecule has 8 heteroatoms. The summed E-state index contributed by atoms with van der Waals surface area (Å²) in [7, 11) is 1.58. The van der Waals surface area contributed by atoms with Crippen molar-refractivity contribution in [3.63, 3.8) is 0 Å². The Bertz CT molecular complexity index is 1130. The zero-order valence-corrected chi connectivity index (χ0v) is 20.8. The van der Waals surface area contributed by atoms with E-state index in [1.165, 1.54) is 0 Å². The number of methoxy groups -OCH3 is 1. The number of hydrogen-bond donors (Lipinski definition) is 1. The highest BCUT2D eigenvalue weighted by Crippen LogP contribution is 2.45. The minimum atomic E-state index is -1.29. The van der Waals surface area contributed by atoms with Crippen LogP contribution in [-0.4, -0.2) is 29.8 Å². The van der Waals surface area contributed by atoms with Gasteiger partial charge in [0.15, 0.2) is 5.92 Å². The summed E-state index contributed by atoms with van der Waals surface area (Å²) in [5.74, 6) is -3.68. The molecule has 0 radical (unpaired) electrons. The average Bonchev–Trinajstić information content (AvgIpc) is 3.07. The first kappa shape index (κ1) is 21.4.